The molecule has 1 heterocycles. The van der Waals surface area contributed by atoms with Gasteiger partial charge in [0.15, 0.2) is 0 Å². The highest BCUT2D eigenvalue weighted by Gasteiger charge is 2.51. The van der Waals surface area contributed by atoms with E-state index in [0.29, 0.717) is 5.54 Å². The van der Waals surface area contributed by atoms with Gasteiger partial charge in [-0.15, -0.1) is 0 Å². The van der Waals surface area contributed by atoms with Gasteiger partial charge in [0.05, 0.1) is 6.10 Å². The Morgan fingerprint density at radius 3 is 2.33 bits per heavy atom. The van der Waals surface area contributed by atoms with Crippen LogP contribution in [0.15, 0.2) is 24.3 Å². The zero-order valence-corrected chi connectivity index (χ0v) is 13.6. The molecule has 0 N–H and O–H groups in total. The third-order valence-corrected chi connectivity index (χ3v) is 9.21. The number of rotatable bonds is 2. The summed E-state index contributed by atoms with van der Waals surface area (Å²) in [4.78, 5) is 0. The standard InChI is InChI=1S/C16H26OSi/c1-7-18(12(2)3)14-11-9-8-10-13(14)15(17-18)16(4,5)6/h8-12,15H,7H2,1-6H3. The van der Waals surface area contributed by atoms with Crippen molar-refractivity contribution in [1.82, 2.24) is 0 Å². The lowest BCUT2D eigenvalue weighted by Gasteiger charge is -2.34. The molecule has 0 saturated carbocycles. The molecule has 0 saturated heterocycles. The van der Waals surface area contributed by atoms with Gasteiger partial charge in [-0.1, -0.05) is 65.8 Å². The Labute approximate surface area is 113 Å². The van der Waals surface area contributed by atoms with Crippen molar-refractivity contribution >= 4 is 13.5 Å². The zero-order chi connectivity index (χ0) is 13.6. The molecule has 0 aliphatic carbocycles. The van der Waals surface area contributed by atoms with Gasteiger partial charge in [-0.2, -0.15) is 0 Å². The lowest BCUT2D eigenvalue weighted by Crippen LogP contribution is -2.49. The van der Waals surface area contributed by atoms with Gasteiger partial charge in [0.2, 0.25) is 8.32 Å². The Balaban J connectivity index is 2.58. The maximum absolute atomic E-state index is 6.73. The van der Waals surface area contributed by atoms with E-state index in [4.69, 9.17) is 4.43 Å². The van der Waals surface area contributed by atoms with Crippen molar-refractivity contribution in [3.8, 4) is 0 Å². The van der Waals surface area contributed by atoms with Crippen LogP contribution in [0.4, 0.5) is 0 Å². The van der Waals surface area contributed by atoms with E-state index >= 15 is 0 Å². The summed E-state index contributed by atoms with van der Waals surface area (Å²) in [5, 5.41) is 1.54. The maximum atomic E-state index is 6.73. The van der Waals surface area contributed by atoms with E-state index in [1.54, 1.807) is 5.19 Å². The van der Waals surface area contributed by atoms with Crippen molar-refractivity contribution in [1.29, 1.82) is 0 Å². The van der Waals surface area contributed by atoms with Crippen molar-refractivity contribution < 1.29 is 4.43 Å². The Morgan fingerprint density at radius 1 is 1.22 bits per heavy atom. The minimum absolute atomic E-state index is 0.176. The second kappa shape index (κ2) is 4.50. The molecule has 0 amide bonds. The van der Waals surface area contributed by atoms with Gasteiger partial charge < -0.3 is 4.43 Å². The Hall–Kier alpha value is -0.603. The fourth-order valence-electron chi connectivity index (χ4n) is 3.22. The van der Waals surface area contributed by atoms with Gasteiger partial charge in [0.1, 0.15) is 0 Å². The molecule has 100 valence electrons. The summed E-state index contributed by atoms with van der Waals surface area (Å²) in [6, 6.07) is 10.1. The molecule has 0 fully saturated rings. The van der Waals surface area contributed by atoms with Crippen LogP contribution in [0.25, 0.3) is 0 Å². The highest BCUT2D eigenvalue weighted by molar-refractivity contribution is 6.88. The highest BCUT2D eigenvalue weighted by Crippen LogP contribution is 2.46. The minimum Gasteiger partial charge on any atom is -0.405 e. The average molecular weight is 262 g/mol. The highest BCUT2D eigenvalue weighted by atomic mass is 28.4. The molecule has 0 radical (unpaired) electrons. The molecule has 1 aromatic carbocycles. The number of benzene rings is 1. The van der Waals surface area contributed by atoms with Crippen LogP contribution in [0.2, 0.25) is 11.6 Å². The minimum atomic E-state index is -1.78. The first-order chi connectivity index (χ1) is 8.33. The fraction of sp³-hybridized carbons (Fsp3) is 0.625. The molecule has 1 aliphatic rings. The summed E-state index contributed by atoms with van der Waals surface area (Å²) >= 11 is 0. The molecular formula is C16H26OSi. The van der Waals surface area contributed by atoms with Crippen LogP contribution < -0.4 is 5.19 Å². The molecule has 18 heavy (non-hydrogen) atoms. The third kappa shape index (κ3) is 1.96. The molecule has 2 rings (SSSR count). The van der Waals surface area contributed by atoms with E-state index in [1.807, 2.05) is 0 Å². The van der Waals surface area contributed by atoms with Gasteiger partial charge in [-0.25, -0.2) is 0 Å². The summed E-state index contributed by atoms with van der Waals surface area (Å²) in [7, 11) is -1.78. The van der Waals surface area contributed by atoms with E-state index in [1.165, 1.54) is 11.6 Å². The molecule has 2 heteroatoms. The molecule has 1 nitrogen and oxygen atoms in total. The first kappa shape index (κ1) is 13.8. The summed E-state index contributed by atoms with van der Waals surface area (Å²) < 4.78 is 6.73. The Morgan fingerprint density at radius 2 is 1.83 bits per heavy atom. The zero-order valence-electron chi connectivity index (χ0n) is 12.6. The fourth-order valence-corrected chi connectivity index (χ4v) is 7.59. The largest absolute Gasteiger partial charge is 0.405 e. The normalized spacial score (nSPS) is 27.6. The van der Waals surface area contributed by atoms with E-state index in [0.717, 1.165) is 0 Å². The summed E-state index contributed by atoms with van der Waals surface area (Å²) in [6.45, 7) is 13.8. The second-order valence-electron chi connectivity index (χ2n) is 6.85. The van der Waals surface area contributed by atoms with Crippen LogP contribution in [-0.4, -0.2) is 8.32 Å². The van der Waals surface area contributed by atoms with Gasteiger partial charge in [0.25, 0.3) is 0 Å². The predicted octanol–water partition coefficient (Wildman–Crippen LogP) is 4.39. The summed E-state index contributed by atoms with van der Waals surface area (Å²) in [5.74, 6) is 0. The second-order valence-corrected chi connectivity index (χ2v) is 11.3. The van der Waals surface area contributed by atoms with Crippen molar-refractivity contribution in [2.24, 2.45) is 5.41 Å². The maximum Gasteiger partial charge on any atom is 0.227 e. The summed E-state index contributed by atoms with van der Waals surface area (Å²) in [5.41, 5.74) is 2.26. The van der Waals surface area contributed by atoms with Gasteiger partial charge in [-0.05, 0) is 27.8 Å². The number of hydrogen-bond acceptors (Lipinski definition) is 1. The van der Waals surface area contributed by atoms with Crippen molar-refractivity contribution in [3.05, 3.63) is 29.8 Å². The number of hydrogen-bond donors (Lipinski definition) is 0. The third-order valence-electron chi connectivity index (χ3n) is 4.27. The average Bonchev–Trinajstić information content (AvgIpc) is 2.64. The Kier molecular flexibility index (Phi) is 3.45. The van der Waals surface area contributed by atoms with Gasteiger partial charge in [-0.3, -0.25) is 0 Å². The van der Waals surface area contributed by atoms with E-state index in [9.17, 15) is 0 Å². The van der Waals surface area contributed by atoms with Crippen molar-refractivity contribution in [2.45, 2.75) is 59.2 Å². The van der Waals surface area contributed by atoms with Gasteiger partial charge in [0, 0.05) is 0 Å². The van der Waals surface area contributed by atoms with Crippen LogP contribution in [0.3, 0.4) is 0 Å². The molecule has 0 bridgehead atoms. The van der Waals surface area contributed by atoms with Crippen LogP contribution >= 0.6 is 0 Å². The van der Waals surface area contributed by atoms with Crippen LogP contribution in [0.5, 0.6) is 0 Å². The predicted molar refractivity (Wildman–Crippen MR) is 80.7 cm³/mol. The first-order valence-electron chi connectivity index (χ1n) is 7.10. The van der Waals surface area contributed by atoms with Crippen LogP contribution in [-0.2, 0) is 4.43 Å². The van der Waals surface area contributed by atoms with Crippen molar-refractivity contribution in [3.63, 3.8) is 0 Å². The molecule has 0 aromatic heterocycles. The molecule has 2 unspecified atom stereocenters. The van der Waals surface area contributed by atoms with Crippen molar-refractivity contribution in [2.75, 3.05) is 0 Å². The molecular weight excluding hydrogens is 236 g/mol. The van der Waals surface area contributed by atoms with Crippen LogP contribution in [0, 0.1) is 5.41 Å². The Bertz CT molecular complexity index is 433. The van der Waals surface area contributed by atoms with Gasteiger partial charge >= 0.3 is 0 Å². The SMILES string of the molecule is CC[Si]1(C(C)C)OC(C(C)(C)C)c2ccccc21. The molecule has 1 aromatic rings. The molecule has 1 aliphatic heterocycles. The monoisotopic (exact) mass is 262 g/mol. The molecule has 0 spiro atoms. The first-order valence-corrected chi connectivity index (χ1v) is 9.29. The topological polar surface area (TPSA) is 9.23 Å². The lowest BCUT2D eigenvalue weighted by molar-refractivity contribution is 0.0879. The lowest BCUT2D eigenvalue weighted by atomic mass is 9.85. The van der Waals surface area contributed by atoms with Crippen LogP contribution in [0.1, 0.15) is 53.2 Å². The van der Waals surface area contributed by atoms with E-state index < -0.39 is 8.32 Å². The van der Waals surface area contributed by atoms with E-state index in [-0.39, 0.29) is 11.5 Å². The quantitative estimate of drug-likeness (QED) is 0.718. The smallest absolute Gasteiger partial charge is 0.227 e. The van der Waals surface area contributed by atoms with E-state index in [2.05, 4.69) is 65.8 Å². The summed E-state index contributed by atoms with van der Waals surface area (Å²) in [6.07, 6.45) is 0.266. The number of fused-ring (bicyclic) bond motifs is 1. The molecule has 2 atom stereocenters.